The van der Waals surface area contributed by atoms with Crippen LogP contribution in [0.1, 0.15) is 38.5 Å². The summed E-state index contributed by atoms with van der Waals surface area (Å²) >= 11 is 4.77. The Morgan fingerprint density at radius 2 is 1.46 bits per heavy atom. The lowest BCUT2D eigenvalue weighted by Gasteiger charge is -2.54. The van der Waals surface area contributed by atoms with Gasteiger partial charge in [0.2, 0.25) is 0 Å². The Morgan fingerprint density at radius 1 is 1.00 bits per heavy atom. The minimum Gasteiger partial charge on any atom is -0.226 e. The smallest absolute Gasteiger partial charge is 0.0719 e. The fourth-order valence-electron chi connectivity index (χ4n) is 4.30. The molecule has 4 aliphatic rings. The van der Waals surface area contributed by atoms with Gasteiger partial charge < -0.3 is 0 Å². The zero-order chi connectivity index (χ0) is 8.89. The second kappa shape index (κ2) is 2.65. The molecule has 0 N–H and O–H groups in total. The first-order valence-corrected chi connectivity index (χ1v) is 5.79. The summed E-state index contributed by atoms with van der Waals surface area (Å²) in [5.41, 5.74) is 0.260. The van der Waals surface area contributed by atoms with E-state index in [1.54, 1.807) is 0 Å². The molecule has 4 fully saturated rings. The minimum atomic E-state index is 0.260. The van der Waals surface area contributed by atoms with Crippen molar-refractivity contribution in [1.29, 1.82) is 0 Å². The molecule has 2 heteroatoms. The van der Waals surface area contributed by atoms with Crippen molar-refractivity contribution >= 4 is 17.4 Å². The fraction of sp³-hybridized carbons (Fsp3) is 0.909. The van der Waals surface area contributed by atoms with Gasteiger partial charge in [0.25, 0.3) is 0 Å². The third-order valence-corrected chi connectivity index (χ3v) is 4.38. The molecule has 0 saturated heterocycles. The highest BCUT2D eigenvalue weighted by Gasteiger charge is 2.50. The maximum atomic E-state index is 4.77. The van der Waals surface area contributed by atoms with Crippen molar-refractivity contribution in [1.82, 2.24) is 0 Å². The number of hydrogen-bond acceptors (Lipinski definition) is 2. The molecular weight excluding hydrogens is 178 g/mol. The highest BCUT2D eigenvalue weighted by atomic mass is 32.1. The second-order valence-corrected chi connectivity index (χ2v) is 5.53. The zero-order valence-corrected chi connectivity index (χ0v) is 8.65. The van der Waals surface area contributed by atoms with Crippen LogP contribution in [0.5, 0.6) is 0 Å². The molecule has 0 aromatic heterocycles. The molecule has 0 radical (unpaired) electrons. The molecule has 4 saturated carbocycles. The lowest BCUT2D eigenvalue weighted by Crippen LogP contribution is -2.49. The molecule has 13 heavy (non-hydrogen) atoms. The Bertz CT molecular complexity index is 243. The van der Waals surface area contributed by atoms with Gasteiger partial charge in [0, 0.05) is 0 Å². The molecule has 0 aromatic rings. The summed E-state index contributed by atoms with van der Waals surface area (Å²) in [6.07, 6.45) is 8.36. The van der Waals surface area contributed by atoms with Crippen molar-refractivity contribution in [3.8, 4) is 0 Å². The number of rotatable bonds is 1. The van der Waals surface area contributed by atoms with Crippen molar-refractivity contribution in [3.05, 3.63) is 0 Å². The third-order valence-electron chi connectivity index (χ3n) is 4.29. The van der Waals surface area contributed by atoms with Crippen molar-refractivity contribution in [2.75, 3.05) is 0 Å². The normalized spacial score (nSPS) is 51.8. The lowest BCUT2D eigenvalue weighted by molar-refractivity contribution is 0.00209. The van der Waals surface area contributed by atoms with Crippen molar-refractivity contribution < 1.29 is 0 Å². The van der Waals surface area contributed by atoms with Gasteiger partial charge in [-0.15, -0.1) is 0 Å². The summed E-state index contributed by atoms with van der Waals surface area (Å²) in [6, 6.07) is 0. The van der Waals surface area contributed by atoms with E-state index in [1.165, 1.54) is 38.5 Å². The second-order valence-electron chi connectivity index (χ2n) is 5.34. The molecule has 0 aliphatic heterocycles. The Hall–Kier alpha value is -0.200. The van der Waals surface area contributed by atoms with Crippen molar-refractivity contribution in [3.63, 3.8) is 0 Å². The molecule has 70 valence electrons. The van der Waals surface area contributed by atoms with Gasteiger partial charge in [0.1, 0.15) is 0 Å². The number of hydrogen-bond donors (Lipinski definition) is 0. The van der Waals surface area contributed by atoms with Gasteiger partial charge in [-0.1, -0.05) is 0 Å². The maximum Gasteiger partial charge on any atom is 0.0719 e. The minimum absolute atomic E-state index is 0.260. The van der Waals surface area contributed by atoms with Gasteiger partial charge in [-0.05, 0) is 68.5 Å². The molecular formula is C11H15NS. The van der Waals surface area contributed by atoms with Crippen molar-refractivity contribution in [2.45, 2.75) is 44.1 Å². The average molecular weight is 193 g/mol. The van der Waals surface area contributed by atoms with Crippen LogP contribution in [0.25, 0.3) is 0 Å². The topological polar surface area (TPSA) is 12.4 Å². The SMILES string of the molecule is S=C=NC12CC3CC(CC(C3)C1)C2. The molecule has 0 spiro atoms. The largest absolute Gasteiger partial charge is 0.226 e. The molecule has 4 bridgehead atoms. The van der Waals surface area contributed by atoms with Gasteiger partial charge >= 0.3 is 0 Å². The van der Waals surface area contributed by atoms with Gasteiger partial charge in [-0.3, -0.25) is 0 Å². The summed E-state index contributed by atoms with van der Waals surface area (Å²) in [4.78, 5) is 4.48. The molecule has 0 unspecified atom stereocenters. The molecule has 0 atom stereocenters. The highest BCUT2D eigenvalue weighted by Crippen LogP contribution is 2.57. The van der Waals surface area contributed by atoms with E-state index in [2.05, 4.69) is 10.2 Å². The van der Waals surface area contributed by atoms with E-state index in [0.717, 1.165) is 17.8 Å². The van der Waals surface area contributed by atoms with Crippen LogP contribution in [-0.4, -0.2) is 10.7 Å². The van der Waals surface area contributed by atoms with Crippen LogP contribution in [0, 0.1) is 17.8 Å². The number of isothiocyanates is 1. The van der Waals surface area contributed by atoms with Crippen LogP contribution in [0.15, 0.2) is 4.99 Å². The maximum absolute atomic E-state index is 4.77. The van der Waals surface area contributed by atoms with E-state index >= 15 is 0 Å². The standard InChI is InChI=1S/C11H15NS/c13-7-12-11-4-8-1-9(5-11)3-10(2-8)6-11/h8-10H,1-6H2. The highest BCUT2D eigenvalue weighted by molar-refractivity contribution is 7.78. The first kappa shape index (κ1) is 8.14. The summed E-state index contributed by atoms with van der Waals surface area (Å²) < 4.78 is 0. The number of thiocarbonyl (C=S) groups is 1. The van der Waals surface area contributed by atoms with E-state index in [9.17, 15) is 0 Å². The van der Waals surface area contributed by atoms with E-state index in [1.807, 2.05) is 0 Å². The third kappa shape index (κ3) is 1.19. The first-order valence-electron chi connectivity index (χ1n) is 5.39. The van der Waals surface area contributed by atoms with Crippen LogP contribution < -0.4 is 0 Å². The van der Waals surface area contributed by atoms with Gasteiger partial charge in [-0.25, -0.2) is 4.99 Å². The van der Waals surface area contributed by atoms with Crippen LogP contribution in [0.3, 0.4) is 0 Å². The molecule has 0 amide bonds. The van der Waals surface area contributed by atoms with Gasteiger partial charge in [0.15, 0.2) is 0 Å². The summed E-state index contributed by atoms with van der Waals surface area (Å²) in [5.74, 6) is 2.91. The summed E-state index contributed by atoms with van der Waals surface area (Å²) in [7, 11) is 0. The molecule has 4 aliphatic carbocycles. The predicted octanol–water partition coefficient (Wildman–Crippen LogP) is 3.06. The Morgan fingerprint density at radius 3 is 1.85 bits per heavy atom. The number of aliphatic imine (C=N–C) groups is 1. The fourth-order valence-corrected chi connectivity index (χ4v) is 4.49. The van der Waals surface area contributed by atoms with Crippen molar-refractivity contribution in [2.24, 2.45) is 22.7 Å². The zero-order valence-electron chi connectivity index (χ0n) is 7.83. The molecule has 1 nitrogen and oxygen atoms in total. The van der Waals surface area contributed by atoms with Gasteiger partial charge in [-0.2, -0.15) is 0 Å². The van der Waals surface area contributed by atoms with Crippen LogP contribution in [-0.2, 0) is 0 Å². The van der Waals surface area contributed by atoms with Crippen LogP contribution >= 0.6 is 12.2 Å². The molecule has 4 rings (SSSR count). The number of nitrogens with zero attached hydrogens (tertiary/aromatic N) is 1. The van der Waals surface area contributed by atoms with Gasteiger partial charge in [0.05, 0.1) is 10.7 Å². The predicted molar refractivity (Wildman–Crippen MR) is 55.9 cm³/mol. The lowest BCUT2D eigenvalue weighted by atomic mass is 9.53. The molecule has 0 aromatic carbocycles. The van der Waals surface area contributed by atoms with Crippen LogP contribution in [0.4, 0.5) is 0 Å². The molecule has 0 heterocycles. The Balaban J connectivity index is 1.95. The van der Waals surface area contributed by atoms with E-state index < -0.39 is 0 Å². The average Bonchev–Trinajstić information content (AvgIpc) is 2.00. The van der Waals surface area contributed by atoms with Crippen LogP contribution in [0.2, 0.25) is 0 Å². The monoisotopic (exact) mass is 193 g/mol. The van der Waals surface area contributed by atoms with E-state index in [-0.39, 0.29) is 5.54 Å². The summed E-state index contributed by atoms with van der Waals surface area (Å²) in [6.45, 7) is 0. The first-order chi connectivity index (χ1) is 6.30. The van der Waals surface area contributed by atoms with E-state index in [0.29, 0.717) is 0 Å². The summed E-state index contributed by atoms with van der Waals surface area (Å²) in [5, 5.41) is 2.63. The quantitative estimate of drug-likeness (QED) is 0.460. The Labute approximate surface area is 84.6 Å². The Kier molecular flexibility index (Phi) is 1.66. The van der Waals surface area contributed by atoms with E-state index in [4.69, 9.17) is 12.2 Å².